The fourth-order valence-corrected chi connectivity index (χ4v) is 0.542. The van der Waals surface area contributed by atoms with Crippen molar-refractivity contribution < 1.29 is 14.4 Å². The Bertz CT molecular complexity index is 125. The molecule has 0 saturated carbocycles. The Morgan fingerprint density at radius 2 is 2.00 bits per heavy atom. The molecule has 0 aliphatic rings. The third kappa shape index (κ3) is 4.75. The molecular weight excluding hydrogens is 146 g/mol. The molecule has 0 aromatic rings. The number of carbonyl (C=O) groups excluding carboxylic acids is 1. The van der Waals surface area contributed by atoms with E-state index in [9.17, 15) is 4.79 Å². The van der Waals surface area contributed by atoms with Crippen LogP contribution in [0.4, 0.5) is 0 Å². The van der Waals surface area contributed by atoms with Crippen LogP contribution >= 0.6 is 0 Å². The highest BCUT2D eigenvalue weighted by molar-refractivity contribution is 5.72. The summed E-state index contributed by atoms with van der Waals surface area (Å²) in [7, 11) is 0. The second kappa shape index (κ2) is 5.09. The van der Waals surface area contributed by atoms with Crippen LogP contribution < -0.4 is 5.90 Å². The molecule has 0 aliphatic heterocycles. The summed E-state index contributed by atoms with van der Waals surface area (Å²) >= 11 is 0. The summed E-state index contributed by atoms with van der Waals surface area (Å²) in [6, 6.07) is 0. The van der Waals surface area contributed by atoms with Crippen LogP contribution in [-0.4, -0.2) is 18.7 Å². The summed E-state index contributed by atoms with van der Waals surface area (Å²) in [5.41, 5.74) is 0. The lowest BCUT2D eigenvalue weighted by Crippen LogP contribution is -2.22. The van der Waals surface area contributed by atoms with Crippen molar-refractivity contribution >= 4 is 5.97 Å². The fraction of sp³-hybridized carbons (Fsp3) is 0.857. The molecular formula is C7H14NO3. The molecule has 0 rings (SSSR count). The van der Waals surface area contributed by atoms with E-state index in [1.165, 1.54) is 0 Å². The number of hydrogen-bond acceptors (Lipinski definition) is 3. The molecule has 65 valence electrons. The molecule has 0 aliphatic carbocycles. The summed E-state index contributed by atoms with van der Waals surface area (Å²) in [6.45, 7) is 5.32. The van der Waals surface area contributed by atoms with Gasteiger partial charge in [0.25, 0.3) is 0 Å². The Morgan fingerprint density at radius 1 is 1.45 bits per heavy atom. The van der Waals surface area contributed by atoms with Gasteiger partial charge in [0, 0.05) is 0 Å². The standard InChI is InChI=1S/C7H14NO3/c1-5(2)11-7(9)6(3)4-10-8/h5-6,8H,4H2,1-3H3. The van der Waals surface area contributed by atoms with Crippen LogP contribution in [0.3, 0.4) is 0 Å². The van der Waals surface area contributed by atoms with Gasteiger partial charge in [-0.25, -0.2) is 0 Å². The van der Waals surface area contributed by atoms with Crippen LogP contribution in [0.15, 0.2) is 0 Å². The summed E-state index contributed by atoms with van der Waals surface area (Å²) in [5.74, 6) is 5.74. The molecule has 0 aromatic carbocycles. The molecule has 0 bridgehead atoms. The molecule has 1 unspecified atom stereocenters. The maximum Gasteiger partial charge on any atom is 0.311 e. The van der Waals surface area contributed by atoms with E-state index in [1.54, 1.807) is 20.8 Å². The minimum atomic E-state index is -0.352. The van der Waals surface area contributed by atoms with Crippen molar-refractivity contribution in [2.75, 3.05) is 6.61 Å². The van der Waals surface area contributed by atoms with Gasteiger partial charge in [0.15, 0.2) is 0 Å². The maximum atomic E-state index is 11.0. The normalized spacial score (nSPS) is 13.2. The molecule has 0 spiro atoms. The van der Waals surface area contributed by atoms with Gasteiger partial charge in [-0.15, -0.1) is 5.90 Å². The van der Waals surface area contributed by atoms with Gasteiger partial charge in [-0.05, 0) is 20.8 Å². The number of hydrogen-bond donors (Lipinski definition) is 0. The SMILES string of the molecule is CC(C)OC(=O)C(C)CO[NH]. The van der Waals surface area contributed by atoms with E-state index in [4.69, 9.17) is 10.6 Å². The van der Waals surface area contributed by atoms with Gasteiger partial charge in [0.05, 0.1) is 18.6 Å². The predicted octanol–water partition coefficient (Wildman–Crippen LogP) is 0.789. The average molecular weight is 160 g/mol. The Labute approximate surface area is 66.6 Å². The van der Waals surface area contributed by atoms with Gasteiger partial charge in [0.2, 0.25) is 0 Å². The van der Waals surface area contributed by atoms with Crippen molar-refractivity contribution in [3.63, 3.8) is 0 Å². The molecule has 1 radical (unpaired) electrons. The number of esters is 1. The van der Waals surface area contributed by atoms with Gasteiger partial charge in [-0.1, -0.05) is 0 Å². The molecule has 1 atom stereocenters. The van der Waals surface area contributed by atoms with Crippen LogP contribution in [0.1, 0.15) is 20.8 Å². The Hall–Kier alpha value is -0.610. The van der Waals surface area contributed by atoms with Gasteiger partial charge in [-0.3, -0.25) is 9.63 Å². The monoisotopic (exact) mass is 160 g/mol. The molecule has 0 heterocycles. The lowest BCUT2D eigenvalue weighted by atomic mass is 10.2. The van der Waals surface area contributed by atoms with Crippen LogP contribution in [0.2, 0.25) is 0 Å². The summed E-state index contributed by atoms with van der Waals surface area (Å²) in [6.07, 6.45) is -0.101. The van der Waals surface area contributed by atoms with Crippen molar-refractivity contribution in [2.24, 2.45) is 5.92 Å². The largest absolute Gasteiger partial charge is 0.463 e. The highest BCUT2D eigenvalue weighted by Crippen LogP contribution is 2.00. The lowest BCUT2D eigenvalue weighted by Gasteiger charge is -2.11. The molecule has 0 aromatic heterocycles. The van der Waals surface area contributed by atoms with Crippen molar-refractivity contribution in [1.82, 2.24) is 5.90 Å². The predicted molar refractivity (Wildman–Crippen MR) is 39.4 cm³/mol. The number of rotatable bonds is 4. The van der Waals surface area contributed by atoms with Crippen LogP contribution in [0.5, 0.6) is 0 Å². The van der Waals surface area contributed by atoms with Crippen LogP contribution in [0.25, 0.3) is 0 Å². The smallest absolute Gasteiger partial charge is 0.311 e. The molecule has 0 fully saturated rings. The first-order valence-electron chi connectivity index (χ1n) is 3.57. The van der Waals surface area contributed by atoms with E-state index in [2.05, 4.69) is 4.84 Å². The van der Waals surface area contributed by atoms with Crippen LogP contribution in [0, 0.1) is 5.92 Å². The third-order valence-electron chi connectivity index (χ3n) is 1.09. The van der Waals surface area contributed by atoms with E-state index in [0.29, 0.717) is 0 Å². The van der Waals surface area contributed by atoms with Crippen molar-refractivity contribution in [3.8, 4) is 0 Å². The minimum Gasteiger partial charge on any atom is -0.463 e. The highest BCUT2D eigenvalue weighted by atomic mass is 16.6. The lowest BCUT2D eigenvalue weighted by molar-refractivity contribution is -0.154. The molecule has 1 N–H and O–H groups in total. The van der Waals surface area contributed by atoms with Crippen molar-refractivity contribution in [1.29, 1.82) is 0 Å². The van der Waals surface area contributed by atoms with Gasteiger partial charge in [0.1, 0.15) is 0 Å². The van der Waals surface area contributed by atoms with E-state index < -0.39 is 0 Å². The Morgan fingerprint density at radius 3 is 2.36 bits per heavy atom. The second-order valence-electron chi connectivity index (χ2n) is 2.70. The molecule has 4 nitrogen and oxygen atoms in total. The zero-order valence-electron chi connectivity index (χ0n) is 7.09. The molecule has 0 amide bonds. The highest BCUT2D eigenvalue weighted by Gasteiger charge is 2.15. The zero-order valence-corrected chi connectivity index (χ0v) is 7.09. The summed E-state index contributed by atoms with van der Waals surface area (Å²) in [4.78, 5) is 15.0. The summed E-state index contributed by atoms with van der Waals surface area (Å²) in [5, 5.41) is 0. The number of ether oxygens (including phenoxy) is 1. The van der Waals surface area contributed by atoms with E-state index in [1.807, 2.05) is 0 Å². The van der Waals surface area contributed by atoms with E-state index >= 15 is 0 Å². The van der Waals surface area contributed by atoms with Crippen molar-refractivity contribution in [2.45, 2.75) is 26.9 Å². The minimum absolute atomic E-state index is 0.0888. The second-order valence-corrected chi connectivity index (χ2v) is 2.70. The quantitative estimate of drug-likeness (QED) is 0.451. The first-order valence-corrected chi connectivity index (χ1v) is 3.57. The van der Waals surface area contributed by atoms with Crippen LogP contribution in [-0.2, 0) is 14.4 Å². The molecule has 4 heteroatoms. The average Bonchev–Trinajstić information content (AvgIpc) is 1.86. The Balaban J connectivity index is 3.64. The topological polar surface area (TPSA) is 59.3 Å². The first-order chi connectivity index (χ1) is 5.07. The van der Waals surface area contributed by atoms with E-state index in [-0.39, 0.29) is 24.6 Å². The van der Waals surface area contributed by atoms with Gasteiger partial charge < -0.3 is 4.74 Å². The first kappa shape index (κ1) is 10.4. The number of nitrogens with one attached hydrogen (secondary N) is 1. The zero-order chi connectivity index (χ0) is 8.85. The summed E-state index contributed by atoms with van der Waals surface area (Å²) < 4.78 is 4.86. The third-order valence-corrected chi connectivity index (χ3v) is 1.09. The van der Waals surface area contributed by atoms with E-state index in [0.717, 1.165) is 0 Å². The Kier molecular flexibility index (Phi) is 4.81. The molecule has 11 heavy (non-hydrogen) atoms. The molecule has 0 saturated heterocycles. The number of carbonyl (C=O) groups is 1. The van der Waals surface area contributed by atoms with Gasteiger partial charge in [-0.2, -0.15) is 0 Å². The van der Waals surface area contributed by atoms with Gasteiger partial charge >= 0.3 is 5.97 Å². The maximum absolute atomic E-state index is 11.0. The fourth-order valence-electron chi connectivity index (χ4n) is 0.542. The van der Waals surface area contributed by atoms with Crippen molar-refractivity contribution in [3.05, 3.63) is 0 Å².